The van der Waals surface area contributed by atoms with E-state index < -0.39 is 21.4 Å². The molecule has 3 aromatic rings. The van der Waals surface area contributed by atoms with Crippen molar-refractivity contribution in [2.45, 2.75) is 11.8 Å². The van der Waals surface area contributed by atoms with Crippen molar-refractivity contribution in [3.63, 3.8) is 0 Å². The summed E-state index contributed by atoms with van der Waals surface area (Å²) in [5.41, 5.74) is 5.25. The maximum Gasteiger partial charge on any atom is 0.269 e. The summed E-state index contributed by atoms with van der Waals surface area (Å²) in [4.78, 5) is 25.1. The molecule has 0 radical (unpaired) electrons. The molecular weight excluding hydrogens is 404 g/mol. The third-order valence-electron chi connectivity index (χ3n) is 4.42. The number of hydrogen-bond acceptors (Lipinski definition) is 5. The van der Waals surface area contributed by atoms with Crippen LogP contribution in [0, 0.1) is 6.92 Å². The normalized spacial score (nSPS) is 15.2. The fraction of sp³-hybridized carbons (Fsp3) is 0.0526. The fourth-order valence-corrected chi connectivity index (χ4v) is 5.13. The zero-order valence-corrected chi connectivity index (χ0v) is 16.0. The molecule has 0 bridgehead atoms. The van der Waals surface area contributed by atoms with Gasteiger partial charge in [-0.1, -0.05) is 29.8 Å². The van der Waals surface area contributed by atoms with Crippen molar-refractivity contribution >= 4 is 50.3 Å². The van der Waals surface area contributed by atoms with Gasteiger partial charge in [0.25, 0.3) is 15.9 Å². The number of nitrogens with zero attached hydrogens (tertiary/aromatic N) is 1. The van der Waals surface area contributed by atoms with E-state index in [9.17, 15) is 18.0 Å². The molecule has 7 nitrogen and oxygen atoms in total. The van der Waals surface area contributed by atoms with Gasteiger partial charge in [0.1, 0.15) is 23.2 Å². The Hall–Kier alpha value is -3.10. The molecule has 28 heavy (non-hydrogen) atoms. The topological polar surface area (TPSA) is 111 Å². The lowest BCUT2D eigenvalue weighted by atomic mass is 10.1. The van der Waals surface area contributed by atoms with Crippen molar-refractivity contribution in [3.8, 4) is 0 Å². The van der Waals surface area contributed by atoms with E-state index in [1.54, 1.807) is 31.2 Å². The largest absolute Gasteiger partial charge is 0.462 e. The van der Waals surface area contributed by atoms with Crippen LogP contribution in [-0.2, 0) is 14.8 Å². The first-order valence-corrected chi connectivity index (χ1v) is 9.91. The molecule has 0 unspecified atom stereocenters. The maximum atomic E-state index is 13.2. The van der Waals surface area contributed by atoms with Crippen LogP contribution >= 0.6 is 11.6 Å². The molecule has 2 aromatic carbocycles. The molecule has 1 aliphatic rings. The summed E-state index contributed by atoms with van der Waals surface area (Å²) in [5, 5.41) is 0.396. The molecular formula is C19H13ClN2O5S. The number of anilines is 1. The van der Waals surface area contributed by atoms with Crippen molar-refractivity contribution in [1.29, 1.82) is 0 Å². The number of aryl methyl sites for hydroxylation is 1. The first kappa shape index (κ1) is 18.3. The Kier molecular flexibility index (Phi) is 4.06. The summed E-state index contributed by atoms with van der Waals surface area (Å²) in [6.07, 6.45) is 2.33. The second-order valence-electron chi connectivity index (χ2n) is 6.25. The molecule has 1 amide bonds. The van der Waals surface area contributed by atoms with Crippen LogP contribution in [0.4, 0.5) is 5.69 Å². The van der Waals surface area contributed by atoms with Gasteiger partial charge in [-0.05, 0) is 42.3 Å². The van der Waals surface area contributed by atoms with Gasteiger partial charge in [-0.25, -0.2) is 12.7 Å². The Labute approximate surface area is 164 Å². The zero-order valence-electron chi connectivity index (χ0n) is 14.5. The van der Waals surface area contributed by atoms with Gasteiger partial charge in [0.05, 0.1) is 10.3 Å². The monoisotopic (exact) mass is 416 g/mol. The highest BCUT2D eigenvalue weighted by atomic mass is 35.5. The number of halogens is 1. The molecule has 9 heteroatoms. The second-order valence-corrected chi connectivity index (χ2v) is 8.44. The predicted molar refractivity (Wildman–Crippen MR) is 106 cm³/mol. The third-order valence-corrected chi connectivity index (χ3v) is 6.44. The van der Waals surface area contributed by atoms with E-state index in [2.05, 4.69) is 0 Å². The minimum atomic E-state index is -4.27. The molecule has 0 saturated carbocycles. The van der Waals surface area contributed by atoms with E-state index >= 15 is 0 Å². The third kappa shape index (κ3) is 2.61. The highest BCUT2D eigenvalue weighted by Crippen LogP contribution is 2.35. The lowest BCUT2D eigenvalue weighted by molar-refractivity contribution is -0.114. The lowest BCUT2D eigenvalue weighted by Crippen LogP contribution is -2.41. The number of hydrogen-bond donors (Lipinski definition) is 1. The van der Waals surface area contributed by atoms with E-state index in [0.29, 0.717) is 20.5 Å². The number of nitrogens with two attached hydrogens (primary N) is 1. The van der Waals surface area contributed by atoms with Crippen molar-refractivity contribution in [3.05, 3.63) is 74.7 Å². The average Bonchev–Trinajstić information content (AvgIpc) is 2.63. The SMILES string of the molecule is Cc1cc(Cl)cc2c(=O)c(N3C(C(N)=O)=Cc4ccccc4S3(=O)=O)coc12. The second kappa shape index (κ2) is 6.22. The number of carbonyl (C=O) groups is 1. The zero-order chi connectivity index (χ0) is 20.2. The molecule has 1 aromatic heterocycles. The van der Waals surface area contributed by atoms with Gasteiger partial charge in [-0.3, -0.25) is 9.59 Å². The number of primary amides is 1. The number of fused-ring (bicyclic) bond motifs is 2. The predicted octanol–water partition coefficient (Wildman–Crippen LogP) is 2.79. The van der Waals surface area contributed by atoms with Crippen molar-refractivity contribution in [2.75, 3.05) is 4.31 Å². The summed E-state index contributed by atoms with van der Waals surface area (Å²) in [7, 11) is -4.27. The molecule has 2 N–H and O–H groups in total. The number of rotatable bonds is 2. The summed E-state index contributed by atoms with van der Waals surface area (Å²) in [6, 6.07) is 9.11. The Morgan fingerprint density at radius 2 is 1.93 bits per heavy atom. The molecule has 0 aliphatic carbocycles. The van der Waals surface area contributed by atoms with Crippen LogP contribution in [0.2, 0.25) is 5.02 Å². The van der Waals surface area contributed by atoms with Gasteiger partial charge < -0.3 is 10.2 Å². The number of benzene rings is 2. The summed E-state index contributed by atoms with van der Waals surface area (Å²) < 4.78 is 32.6. The highest BCUT2D eigenvalue weighted by molar-refractivity contribution is 7.93. The van der Waals surface area contributed by atoms with Gasteiger partial charge in [0, 0.05) is 5.02 Å². The van der Waals surface area contributed by atoms with Gasteiger partial charge in [0.15, 0.2) is 0 Å². The molecule has 0 atom stereocenters. The van der Waals surface area contributed by atoms with Crippen LogP contribution in [0.25, 0.3) is 17.0 Å². The van der Waals surface area contributed by atoms with Crippen LogP contribution in [-0.4, -0.2) is 14.3 Å². The quantitative estimate of drug-likeness (QED) is 0.690. The van der Waals surface area contributed by atoms with E-state index in [1.807, 2.05) is 0 Å². The number of sulfonamides is 1. The summed E-state index contributed by atoms with van der Waals surface area (Å²) >= 11 is 6.04. The van der Waals surface area contributed by atoms with E-state index in [4.69, 9.17) is 21.8 Å². The standard InChI is InChI=1S/C19H13ClN2O5S/c1-10-6-12(20)8-13-17(23)15(9-27-18(10)13)22-14(19(21)24)7-11-4-2-3-5-16(11)28(22,25)26/h2-9H,1H3,(H2,21,24). The summed E-state index contributed by atoms with van der Waals surface area (Å²) in [5.74, 6) is -1.00. The van der Waals surface area contributed by atoms with Crippen LogP contribution < -0.4 is 15.5 Å². The molecule has 142 valence electrons. The van der Waals surface area contributed by atoms with Crippen LogP contribution in [0.5, 0.6) is 0 Å². The lowest BCUT2D eigenvalue weighted by Gasteiger charge is -2.28. The van der Waals surface area contributed by atoms with E-state index in [-0.39, 0.29) is 27.2 Å². The highest BCUT2D eigenvalue weighted by Gasteiger charge is 2.38. The maximum absolute atomic E-state index is 13.2. The summed E-state index contributed by atoms with van der Waals surface area (Å²) in [6.45, 7) is 1.71. The average molecular weight is 417 g/mol. The van der Waals surface area contributed by atoms with Crippen LogP contribution in [0.15, 0.2) is 62.5 Å². The number of amides is 1. The fourth-order valence-electron chi connectivity index (χ4n) is 3.20. The molecule has 1 aliphatic heterocycles. The Bertz CT molecular complexity index is 1360. The molecule has 2 heterocycles. The smallest absolute Gasteiger partial charge is 0.269 e. The Morgan fingerprint density at radius 1 is 1.21 bits per heavy atom. The van der Waals surface area contributed by atoms with Crippen molar-refractivity contribution in [2.24, 2.45) is 5.73 Å². The molecule has 0 saturated heterocycles. The van der Waals surface area contributed by atoms with Gasteiger partial charge in [-0.2, -0.15) is 0 Å². The molecule has 0 fully saturated rings. The van der Waals surface area contributed by atoms with Crippen molar-refractivity contribution in [1.82, 2.24) is 0 Å². The van der Waals surface area contributed by atoms with Gasteiger partial charge in [-0.15, -0.1) is 0 Å². The first-order chi connectivity index (χ1) is 13.2. The number of carbonyl (C=O) groups excluding carboxylic acids is 1. The van der Waals surface area contributed by atoms with E-state index in [1.165, 1.54) is 18.2 Å². The Balaban J connectivity index is 2.07. The van der Waals surface area contributed by atoms with E-state index in [0.717, 1.165) is 6.26 Å². The minimum Gasteiger partial charge on any atom is -0.462 e. The Morgan fingerprint density at radius 3 is 2.64 bits per heavy atom. The van der Waals surface area contributed by atoms with Crippen LogP contribution in [0.3, 0.4) is 0 Å². The minimum absolute atomic E-state index is 0.0539. The first-order valence-electron chi connectivity index (χ1n) is 8.09. The molecule has 4 rings (SSSR count). The van der Waals surface area contributed by atoms with Crippen molar-refractivity contribution < 1.29 is 17.6 Å². The van der Waals surface area contributed by atoms with Gasteiger partial charge in [0.2, 0.25) is 5.43 Å². The molecule has 0 spiro atoms. The van der Waals surface area contributed by atoms with Crippen LogP contribution in [0.1, 0.15) is 11.1 Å². The van der Waals surface area contributed by atoms with Gasteiger partial charge >= 0.3 is 0 Å².